The number of hydrogen-bond donors (Lipinski definition) is 2. The normalized spacial score (nSPS) is 13.0. The minimum Gasteiger partial charge on any atom is -0.497 e. The number of Topliss-reactive ketones (excluding diaryl/α,β-unsaturated/α-hetero) is 1. The Hall–Kier alpha value is -2.80. The Labute approximate surface area is 158 Å². The molecule has 7 heteroatoms. The summed E-state index contributed by atoms with van der Waals surface area (Å²) in [7, 11) is 2.97. The molecule has 146 valence electrons. The van der Waals surface area contributed by atoms with Gasteiger partial charge in [0.1, 0.15) is 17.2 Å². The maximum Gasteiger partial charge on any atom is 0.355 e. The van der Waals surface area contributed by atoms with Gasteiger partial charge >= 0.3 is 5.97 Å². The van der Waals surface area contributed by atoms with Gasteiger partial charge in [0.25, 0.3) is 0 Å². The third-order valence-electron chi connectivity index (χ3n) is 4.44. The van der Waals surface area contributed by atoms with E-state index in [1.807, 2.05) is 0 Å². The van der Waals surface area contributed by atoms with Crippen LogP contribution in [0, 0.1) is 13.8 Å². The summed E-state index contributed by atoms with van der Waals surface area (Å²) in [5.41, 5.74) is 2.46. The standard InChI is InChI=1S/C20H25NO6/c1-10-17(12(3)22)11(2)21-18(10)20(24)27-13(4)19(23)15-8-7-14(25-5)9-16(15)26-6/h7-9,12-13,21-22H,1-6H3/t12-,13-/m0/s1. The molecule has 1 aromatic carbocycles. The molecule has 0 bridgehead atoms. The van der Waals surface area contributed by atoms with Crippen LogP contribution in [0.2, 0.25) is 0 Å². The van der Waals surface area contributed by atoms with Gasteiger partial charge in [-0.2, -0.15) is 0 Å². The van der Waals surface area contributed by atoms with Gasteiger partial charge in [-0.05, 0) is 45.4 Å². The van der Waals surface area contributed by atoms with E-state index in [0.717, 1.165) is 0 Å². The lowest BCUT2D eigenvalue weighted by molar-refractivity contribution is 0.0311. The zero-order valence-electron chi connectivity index (χ0n) is 16.4. The number of carbonyl (C=O) groups excluding carboxylic acids is 2. The Bertz CT molecular complexity index is 852. The molecule has 27 heavy (non-hydrogen) atoms. The van der Waals surface area contributed by atoms with E-state index in [1.54, 1.807) is 39.0 Å². The van der Waals surface area contributed by atoms with E-state index in [4.69, 9.17) is 14.2 Å². The summed E-state index contributed by atoms with van der Waals surface area (Å²) < 4.78 is 15.7. The number of ether oxygens (including phenoxy) is 3. The number of hydrogen-bond acceptors (Lipinski definition) is 6. The van der Waals surface area contributed by atoms with Crippen molar-refractivity contribution in [1.82, 2.24) is 4.98 Å². The van der Waals surface area contributed by atoms with Gasteiger partial charge < -0.3 is 24.3 Å². The molecule has 0 aliphatic rings. The summed E-state index contributed by atoms with van der Waals surface area (Å²) in [6.07, 6.45) is -1.73. The third kappa shape index (κ3) is 4.14. The first kappa shape index (κ1) is 20.5. The van der Waals surface area contributed by atoms with Gasteiger partial charge in [0, 0.05) is 17.3 Å². The highest BCUT2D eigenvalue weighted by molar-refractivity contribution is 6.03. The van der Waals surface area contributed by atoms with E-state index in [0.29, 0.717) is 33.9 Å². The van der Waals surface area contributed by atoms with Crippen LogP contribution in [0.15, 0.2) is 18.2 Å². The average molecular weight is 375 g/mol. The Kier molecular flexibility index (Phi) is 6.28. The lowest BCUT2D eigenvalue weighted by atomic mass is 10.0. The molecule has 0 spiro atoms. The number of aromatic amines is 1. The van der Waals surface area contributed by atoms with Gasteiger partial charge in [-0.25, -0.2) is 4.79 Å². The smallest absolute Gasteiger partial charge is 0.355 e. The predicted molar refractivity (Wildman–Crippen MR) is 99.7 cm³/mol. The van der Waals surface area contributed by atoms with E-state index < -0.39 is 18.2 Å². The van der Waals surface area contributed by atoms with Gasteiger partial charge in [-0.1, -0.05) is 0 Å². The van der Waals surface area contributed by atoms with E-state index in [2.05, 4.69) is 4.98 Å². The lowest BCUT2D eigenvalue weighted by Gasteiger charge is -2.15. The second-order valence-corrected chi connectivity index (χ2v) is 6.32. The Morgan fingerprint density at radius 3 is 2.30 bits per heavy atom. The van der Waals surface area contributed by atoms with Crippen LogP contribution in [0.4, 0.5) is 0 Å². The number of H-pyrrole nitrogens is 1. The second-order valence-electron chi connectivity index (χ2n) is 6.32. The molecular weight excluding hydrogens is 350 g/mol. The highest BCUT2D eigenvalue weighted by Crippen LogP contribution is 2.27. The highest BCUT2D eigenvalue weighted by Gasteiger charge is 2.26. The van der Waals surface area contributed by atoms with Crippen LogP contribution in [0.5, 0.6) is 11.5 Å². The molecule has 0 aliphatic carbocycles. The number of carbonyl (C=O) groups is 2. The molecule has 0 saturated heterocycles. The minimum absolute atomic E-state index is 0.227. The van der Waals surface area contributed by atoms with Crippen molar-refractivity contribution >= 4 is 11.8 Å². The molecule has 1 aromatic heterocycles. The van der Waals surface area contributed by atoms with E-state index in [9.17, 15) is 14.7 Å². The van der Waals surface area contributed by atoms with Gasteiger partial charge in [-0.15, -0.1) is 0 Å². The lowest BCUT2D eigenvalue weighted by Crippen LogP contribution is -2.25. The molecule has 2 rings (SSSR count). The van der Waals surface area contributed by atoms with Crippen LogP contribution in [0.25, 0.3) is 0 Å². The summed E-state index contributed by atoms with van der Waals surface area (Å²) in [6, 6.07) is 4.80. The first-order chi connectivity index (χ1) is 12.7. The van der Waals surface area contributed by atoms with Crippen molar-refractivity contribution in [1.29, 1.82) is 0 Å². The zero-order valence-corrected chi connectivity index (χ0v) is 16.4. The van der Waals surface area contributed by atoms with E-state index in [1.165, 1.54) is 21.1 Å². The molecular formula is C20H25NO6. The number of aliphatic hydroxyl groups is 1. The number of benzene rings is 1. The van der Waals surface area contributed by atoms with Crippen molar-refractivity contribution in [2.24, 2.45) is 0 Å². The monoisotopic (exact) mass is 375 g/mol. The van der Waals surface area contributed by atoms with Crippen molar-refractivity contribution in [3.8, 4) is 11.5 Å². The first-order valence-electron chi connectivity index (χ1n) is 8.55. The van der Waals surface area contributed by atoms with Crippen molar-refractivity contribution in [2.45, 2.75) is 39.9 Å². The Morgan fingerprint density at radius 1 is 1.11 bits per heavy atom. The molecule has 0 saturated carbocycles. The van der Waals surface area contributed by atoms with Gasteiger partial charge in [-0.3, -0.25) is 4.79 Å². The van der Waals surface area contributed by atoms with Crippen LogP contribution < -0.4 is 9.47 Å². The van der Waals surface area contributed by atoms with Crippen molar-refractivity contribution in [3.05, 3.63) is 46.3 Å². The highest BCUT2D eigenvalue weighted by atomic mass is 16.5. The molecule has 0 fully saturated rings. The molecule has 0 amide bonds. The number of nitrogens with one attached hydrogen (secondary N) is 1. The fourth-order valence-corrected chi connectivity index (χ4v) is 3.09. The maximum atomic E-state index is 12.7. The molecule has 0 aliphatic heterocycles. The van der Waals surface area contributed by atoms with E-state index in [-0.39, 0.29) is 11.5 Å². The number of aromatic nitrogens is 1. The number of aliphatic hydroxyl groups excluding tert-OH is 1. The summed E-state index contributed by atoms with van der Waals surface area (Å²) in [5.74, 6) is -0.155. The number of methoxy groups -OCH3 is 2. The summed E-state index contributed by atoms with van der Waals surface area (Å²) >= 11 is 0. The van der Waals surface area contributed by atoms with Crippen molar-refractivity contribution in [3.63, 3.8) is 0 Å². The zero-order chi connectivity index (χ0) is 20.3. The van der Waals surface area contributed by atoms with Crippen LogP contribution in [0.3, 0.4) is 0 Å². The quantitative estimate of drug-likeness (QED) is 0.570. The molecule has 0 radical (unpaired) electrons. The van der Waals surface area contributed by atoms with Gasteiger partial charge in [0.2, 0.25) is 5.78 Å². The van der Waals surface area contributed by atoms with E-state index >= 15 is 0 Å². The molecule has 1 heterocycles. The minimum atomic E-state index is -1.02. The van der Waals surface area contributed by atoms with Gasteiger partial charge in [0.15, 0.2) is 6.10 Å². The molecule has 7 nitrogen and oxygen atoms in total. The summed E-state index contributed by atoms with van der Waals surface area (Å²) in [6.45, 7) is 6.62. The topological polar surface area (TPSA) is 97.9 Å². The molecule has 2 aromatic rings. The van der Waals surface area contributed by atoms with Gasteiger partial charge in [0.05, 0.1) is 25.9 Å². The van der Waals surface area contributed by atoms with Crippen molar-refractivity contribution < 1.29 is 28.9 Å². The Balaban J connectivity index is 2.22. The fourth-order valence-electron chi connectivity index (χ4n) is 3.09. The summed E-state index contributed by atoms with van der Waals surface area (Å²) in [5, 5.41) is 9.85. The second kappa shape index (κ2) is 8.26. The number of aryl methyl sites for hydroxylation is 1. The van der Waals surface area contributed by atoms with Crippen LogP contribution in [-0.2, 0) is 4.74 Å². The van der Waals surface area contributed by atoms with Crippen LogP contribution >= 0.6 is 0 Å². The maximum absolute atomic E-state index is 12.7. The van der Waals surface area contributed by atoms with Crippen LogP contribution in [0.1, 0.15) is 57.6 Å². The molecule has 0 unspecified atom stereocenters. The van der Waals surface area contributed by atoms with Crippen molar-refractivity contribution in [2.75, 3.05) is 14.2 Å². The van der Waals surface area contributed by atoms with Crippen LogP contribution in [-0.4, -0.2) is 42.2 Å². The first-order valence-corrected chi connectivity index (χ1v) is 8.55. The predicted octanol–water partition coefficient (Wildman–Crippen LogP) is 3.13. The number of rotatable bonds is 7. The summed E-state index contributed by atoms with van der Waals surface area (Å²) in [4.78, 5) is 28.2. The SMILES string of the molecule is COc1ccc(C(=O)[C@H](C)OC(=O)c2[nH]c(C)c([C@H](C)O)c2C)c(OC)c1. The third-order valence-corrected chi connectivity index (χ3v) is 4.44. The fraction of sp³-hybridized carbons (Fsp3) is 0.400. The largest absolute Gasteiger partial charge is 0.497 e. The number of esters is 1. The molecule has 2 N–H and O–H groups in total. The average Bonchev–Trinajstić information content (AvgIpc) is 2.94. The molecule has 2 atom stereocenters. The Morgan fingerprint density at radius 2 is 1.78 bits per heavy atom. The number of ketones is 1.